The summed E-state index contributed by atoms with van der Waals surface area (Å²) >= 11 is 0. The van der Waals surface area contributed by atoms with Crippen LogP contribution in [0.15, 0.2) is 152 Å². The summed E-state index contributed by atoms with van der Waals surface area (Å²) in [5.74, 6) is 0. The van der Waals surface area contributed by atoms with Crippen molar-refractivity contribution in [2.75, 3.05) is 0 Å². The molecule has 0 bridgehead atoms. The van der Waals surface area contributed by atoms with Crippen LogP contribution in [-0.4, -0.2) is 0 Å². The van der Waals surface area contributed by atoms with Crippen molar-refractivity contribution in [3.8, 4) is 11.1 Å². The molecule has 0 amide bonds. The fraction of sp³-hybridized carbons (Fsp3) is 0.0270. The SMILES string of the molecule is C=[C-]c1ccccc1.[CH2-]c1ccccc1.[Ti+4].[c-]1cccc2c1Cc1ccccc1-2.c1ccc2[cH-]ccc2c1. The minimum atomic E-state index is 0. The van der Waals surface area contributed by atoms with Crippen molar-refractivity contribution in [2.24, 2.45) is 0 Å². The molecular weight excluding hydrogens is 492 g/mol. The van der Waals surface area contributed by atoms with Gasteiger partial charge in [0, 0.05) is 0 Å². The van der Waals surface area contributed by atoms with Crippen LogP contribution in [0, 0.1) is 19.1 Å². The number of benzene rings is 5. The number of hydrogen-bond acceptors (Lipinski definition) is 0. The molecule has 0 unspecified atom stereocenters. The van der Waals surface area contributed by atoms with E-state index >= 15 is 0 Å². The monoisotopic (exact) mass is 522 g/mol. The fourth-order valence-electron chi connectivity index (χ4n) is 4.10. The number of hydrogen-bond donors (Lipinski definition) is 0. The Bertz CT molecular complexity index is 1440. The van der Waals surface area contributed by atoms with Crippen molar-refractivity contribution in [3.05, 3.63) is 193 Å². The van der Waals surface area contributed by atoms with E-state index in [9.17, 15) is 0 Å². The molecule has 0 aliphatic heterocycles. The van der Waals surface area contributed by atoms with Gasteiger partial charge in [-0.3, -0.25) is 0 Å². The molecule has 0 saturated carbocycles. The molecule has 0 saturated heterocycles. The third kappa shape index (κ3) is 8.28. The molecular formula is C37H30Ti. The van der Waals surface area contributed by atoms with E-state index < -0.39 is 0 Å². The zero-order valence-corrected chi connectivity index (χ0v) is 23.0. The zero-order chi connectivity index (χ0) is 25.7. The molecule has 1 heteroatoms. The second-order valence-corrected chi connectivity index (χ2v) is 8.58. The zero-order valence-electron chi connectivity index (χ0n) is 21.5. The Balaban J connectivity index is 0.000000144. The maximum absolute atomic E-state index is 3.72. The van der Waals surface area contributed by atoms with Gasteiger partial charge in [0.2, 0.25) is 0 Å². The fourth-order valence-corrected chi connectivity index (χ4v) is 4.10. The van der Waals surface area contributed by atoms with Crippen molar-refractivity contribution >= 4 is 10.8 Å². The van der Waals surface area contributed by atoms with E-state index in [1.54, 1.807) is 0 Å². The van der Waals surface area contributed by atoms with Crippen molar-refractivity contribution < 1.29 is 21.7 Å². The van der Waals surface area contributed by atoms with Gasteiger partial charge in [-0.25, -0.2) is 0 Å². The third-order valence-corrected chi connectivity index (χ3v) is 5.98. The smallest absolute Gasteiger partial charge is 0.199 e. The van der Waals surface area contributed by atoms with Crippen LogP contribution in [0.25, 0.3) is 21.9 Å². The molecule has 0 aromatic heterocycles. The van der Waals surface area contributed by atoms with Crippen molar-refractivity contribution in [2.45, 2.75) is 6.42 Å². The second kappa shape index (κ2) is 15.3. The Morgan fingerprint density at radius 2 is 1.32 bits per heavy atom. The van der Waals surface area contributed by atoms with Crippen LogP contribution in [0.2, 0.25) is 0 Å². The maximum Gasteiger partial charge on any atom is 4.00 e. The van der Waals surface area contributed by atoms with Crippen LogP contribution < -0.4 is 0 Å². The van der Waals surface area contributed by atoms with Gasteiger partial charge in [0.25, 0.3) is 0 Å². The first-order chi connectivity index (χ1) is 18.2. The molecule has 0 nitrogen and oxygen atoms in total. The van der Waals surface area contributed by atoms with E-state index in [-0.39, 0.29) is 21.7 Å². The molecule has 0 atom stereocenters. The Morgan fingerprint density at radius 1 is 0.684 bits per heavy atom. The van der Waals surface area contributed by atoms with Gasteiger partial charge in [-0.05, 0) is 6.42 Å². The van der Waals surface area contributed by atoms with E-state index in [2.05, 4.69) is 105 Å². The minimum absolute atomic E-state index is 0. The Labute approximate surface area is 242 Å². The van der Waals surface area contributed by atoms with Gasteiger partial charge in [0.15, 0.2) is 0 Å². The summed E-state index contributed by atoms with van der Waals surface area (Å²) in [6.45, 7) is 7.23. The van der Waals surface area contributed by atoms with Crippen LogP contribution in [0.1, 0.15) is 22.3 Å². The van der Waals surface area contributed by atoms with Gasteiger partial charge in [-0.15, -0.1) is 59.5 Å². The number of fused-ring (bicyclic) bond motifs is 4. The van der Waals surface area contributed by atoms with Gasteiger partial charge in [-0.1, -0.05) is 53.6 Å². The predicted octanol–water partition coefficient (Wildman–Crippen LogP) is 9.51. The molecule has 0 radical (unpaired) electrons. The van der Waals surface area contributed by atoms with E-state index in [1.165, 1.54) is 33.0 Å². The van der Waals surface area contributed by atoms with Crippen molar-refractivity contribution in [1.82, 2.24) is 0 Å². The van der Waals surface area contributed by atoms with Gasteiger partial charge in [-0.2, -0.15) is 102 Å². The first kappa shape index (κ1) is 28.6. The summed E-state index contributed by atoms with van der Waals surface area (Å²) < 4.78 is 0. The molecule has 1 aliphatic rings. The Hall–Kier alpha value is -3.97. The molecule has 0 heterocycles. The number of rotatable bonds is 1. The Kier molecular flexibility index (Phi) is 11.5. The maximum atomic E-state index is 3.72. The average molecular weight is 523 g/mol. The van der Waals surface area contributed by atoms with Gasteiger partial charge in [0.1, 0.15) is 0 Å². The standard InChI is InChI=1S/C13H9.C9H7.C8H7.C7H7.Ti/c1-3-7-12-10(5-1)9-11-6-2-4-8-13(11)12;1-2-5-9-7-3-6-8(9)4-1;1-2-8-6-4-3-5-7-8;1-7-5-3-2-4-6-7;/h1-5,7-8H,9H2;1-7H;3-7H,1H2;2-6H,1H2;/q4*-1;+4. The summed E-state index contributed by atoms with van der Waals surface area (Å²) in [5.41, 5.74) is 7.63. The summed E-state index contributed by atoms with van der Waals surface area (Å²) in [6.07, 6.45) is 3.82. The topological polar surface area (TPSA) is 0 Å². The van der Waals surface area contributed by atoms with Crippen LogP contribution in [-0.2, 0) is 28.1 Å². The van der Waals surface area contributed by atoms with Gasteiger partial charge in [0.05, 0.1) is 0 Å². The molecule has 182 valence electrons. The summed E-state index contributed by atoms with van der Waals surface area (Å²) in [5, 5.41) is 2.66. The normalized spacial score (nSPS) is 10.0. The predicted molar refractivity (Wildman–Crippen MR) is 158 cm³/mol. The molecule has 0 N–H and O–H groups in total. The summed E-state index contributed by atoms with van der Waals surface area (Å²) in [6, 6.07) is 52.5. The van der Waals surface area contributed by atoms with Crippen LogP contribution in [0.3, 0.4) is 0 Å². The van der Waals surface area contributed by atoms with Crippen LogP contribution in [0.4, 0.5) is 0 Å². The molecule has 7 rings (SSSR count). The molecule has 0 spiro atoms. The minimum Gasteiger partial charge on any atom is -0.199 e. The molecule has 6 aromatic rings. The van der Waals surface area contributed by atoms with E-state index in [4.69, 9.17) is 0 Å². The van der Waals surface area contributed by atoms with Gasteiger partial charge < -0.3 is 0 Å². The van der Waals surface area contributed by atoms with E-state index in [1.807, 2.05) is 66.7 Å². The molecule has 1 aliphatic carbocycles. The largest absolute Gasteiger partial charge is 4.00 e. The first-order valence-electron chi connectivity index (χ1n) is 12.4. The quantitative estimate of drug-likeness (QED) is 0.149. The van der Waals surface area contributed by atoms with Crippen LogP contribution >= 0.6 is 0 Å². The molecule has 0 fully saturated rings. The van der Waals surface area contributed by atoms with Crippen molar-refractivity contribution in [1.29, 1.82) is 0 Å². The Morgan fingerprint density at radius 3 is 1.97 bits per heavy atom. The third-order valence-electron chi connectivity index (χ3n) is 5.98. The molecule has 6 aromatic carbocycles. The van der Waals surface area contributed by atoms with Crippen LogP contribution in [0.5, 0.6) is 0 Å². The summed E-state index contributed by atoms with van der Waals surface area (Å²) in [4.78, 5) is 0. The van der Waals surface area contributed by atoms with Gasteiger partial charge >= 0.3 is 21.7 Å². The summed E-state index contributed by atoms with van der Waals surface area (Å²) in [7, 11) is 0. The molecule has 38 heavy (non-hydrogen) atoms. The van der Waals surface area contributed by atoms with Crippen molar-refractivity contribution in [3.63, 3.8) is 0 Å². The second-order valence-electron chi connectivity index (χ2n) is 8.58. The van der Waals surface area contributed by atoms with E-state index in [0.29, 0.717) is 0 Å². The average Bonchev–Trinajstić information content (AvgIpc) is 3.60. The van der Waals surface area contributed by atoms with E-state index in [0.717, 1.165) is 17.5 Å². The first-order valence-corrected chi connectivity index (χ1v) is 12.4.